The van der Waals surface area contributed by atoms with E-state index in [1.165, 1.54) is 4.31 Å². The van der Waals surface area contributed by atoms with Crippen molar-refractivity contribution < 1.29 is 22.5 Å². The molecule has 0 aliphatic carbocycles. The summed E-state index contributed by atoms with van der Waals surface area (Å²) in [5.41, 5.74) is 1.48. The van der Waals surface area contributed by atoms with E-state index in [1.54, 1.807) is 42.7 Å². The lowest BCUT2D eigenvalue weighted by molar-refractivity contribution is -0.142. The number of hydrogen-bond donors (Lipinski definition) is 0. The second kappa shape index (κ2) is 10.7. The Hall–Kier alpha value is -3.11. The van der Waals surface area contributed by atoms with Crippen LogP contribution in [0.2, 0.25) is 0 Å². The molecule has 1 aromatic carbocycles. The number of ether oxygens (including phenoxy) is 1. The average molecular weight is 471 g/mol. The van der Waals surface area contributed by atoms with Crippen LogP contribution in [0.3, 0.4) is 0 Å². The third kappa shape index (κ3) is 6.02. The first-order valence-electron chi connectivity index (χ1n) is 11.0. The number of sulfonamides is 1. The predicted octanol–water partition coefficient (Wildman–Crippen LogP) is 3.02. The Labute approximate surface area is 192 Å². The lowest BCUT2D eigenvalue weighted by Crippen LogP contribution is -2.35. The fourth-order valence-corrected chi connectivity index (χ4v) is 5.15. The van der Waals surface area contributed by atoms with Gasteiger partial charge in [-0.1, -0.05) is 23.7 Å². The van der Waals surface area contributed by atoms with Crippen molar-refractivity contribution in [1.29, 1.82) is 0 Å². The summed E-state index contributed by atoms with van der Waals surface area (Å²) in [6.07, 6.45) is 7.29. The van der Waals surface area contributed by atoms with Gasteiger partial charge in [0, 0.05) is 37.5 Å². The molecule has 174 valence electrons. The second-order valence-corrected chi connectivity index (χ2v) is 9.80. The number of pyridine rings is 1. The van der Waals surface area contributed by atoms with E-state index in [1.807, 2.05) is 6.07 Å². The molecule has 4 rings (SSSR count). The van der Waals surface area contributed by atoms with Gasteiger partial charge in [-0.3, -0.25) is 9.78 Å². The molecule has 10 heteroatoms. The third-order valence-electron chi connectivity index (χ3n) is 5.41. The fourth-order valence-electron chi connectivity index (χ4n) is 3.63. The number of carbonyl (C=O) groups excluding carboxylic acids is 1. The minimum atomic E-state index is -3.47. The first kappa shape index (κ1) is 23.1. The zero-order chi connectivity index (χ0) is 23.1. The Balaban J connectivity index is 1.21. The van der Waals surface area contributed by atoms with E-state index in [0.29, 0.717) is 43.2 Å². The van der Waals surface area contributed by atoms with Crippen molar-refractivity contribution >= 4 is 16.0 Å². The molecular weight excluding hydrogens is 444 g/mol. The highest BCUT2D eigenvalue weighted by molar-refractivity contribution is 7.89. The van der Waals surface area contributed by atoms with Crippen LogP contribution in [0.1, 0.15) is 37.1 Å². The molecule has 0 unspecified atom stereocenters. The van der Waals surface area contributed by atoms with Gasteiger partial charge in [0.2, 0.25) is 21.7 Å². The summed E-state index contributed by atoms with van der Waals surface area (Å²) in [6, 6.07) is 10.1. The molecule has 3 heterocycles. The number of hydrogen-bond acceptors (Lipinski definition) is 8. The topological polar surface area (TPSA) is 115 Å². The second-order valence-electron chi connectivity index (χ2n) is 7.86. The Morgan fingerprint density at radius 2 is 1.88 bits per heavy atom. The normalized spacial score (nSPS) is 14.8. The molecule has 2 aromatic heterocycles. The van der Waals surface area contributed by atoms with Crippen LogP contribution in [-0.4, -0.2) is 53.5 Å². The maximum absolute atomic E-state index is 12.7. The molecule has 1 fully saturated rings. The van der Waals surface area contributed by atoms with E-state index in [4.69, 9.17) is 9.26 Å². The largest absolute Gasteiger partial charge is 0.465 e. The van der Waals surface area contributed by atoms with Gasteiger partial charge in [-0.2, -0.15) is 9.29 Å². The molecule has 3 aromatic rings. The van der Waals surface area contributed by atoms with E-state index in [0.717, 1.165) is 24.8 Å². The van der Waals surface area contributed by atoms with E-state index in [-0.39, 0.29) is 23.9 Å². The van der Waals surface area contributed by atoms with Crippen molar-refractivity contribution in [1.82, 2.24) is 19.4 Å². The van der Waals surface area contributed by atoms with Gasteiger partial charge in [0.05, 0.1) is 17.9 Å². The van der Waals surface area contributed by atoms with Gasteiger partial charge in [-0.05, 0) is 49.1 Å². The number of benzene rings is 1. The highest BCUT2D eigenvalue weighted by atomic mass is 32.2. The quantitative estimate of drug-likeness (QED) is 0.346. The van der Waals surface area contributed by atoms with Crippen LogP contribution in [0.25, 0.3) is 11.4 Å². The maximum atomic E-state index is 12.7. The van der Waals surface area contributed by atoms with Gasteiger partial charge in [0.25, 0.3) is 0 Å². The fraction of sp³-hybridized carbons (Fsp3) is 0.391. The highest BCUT2D eigenvalue weighted by Crippen LogP contribution is 2.21. The van der Waals surface area contributed by atoms with Gasteiger partial charge in [-0.25, -0.2) is 8.42 Å². The molecule has 1 aliphatic rings. The summed E-state index contributed by atoms with van der Waals surface area (Å²) < 4.78 is 37.5. The minimum absolute atomic E-state index is 0.0791. The van der Waals surface area contributed by atoms with Crippen LogP contribution < -0.4 is 0 Å². The first-order chi connectivity index (χ1) is 16.0. The van der Waals surface area contributed by atoms with Gasteiger partial charge in [-0.15, -0.1) is 0 Å². The number of carbonyl (C=O) groups is 1. The van der Waals surface area contributed by atoms with Gasteiger partial charge in [0.1, 0.15) is 0 Å². The lowest BCUT2D eigenvalue weighted by Gasteiger charge is -2.25. The lowest BCUT2D eigenvalue weighted by atomic mass is 10.1. The van der Waals surface area contributed by atoms with Gasteiger partial charge >= 0.3 is 5.97 Å². The molecule has 33 heavy (non-hydrogen) atoms. The number of piperidine rings is 1. The van der Waals surface area contributed by atoms with Crippen LogP contribution in [0, 0.1) is 0 Å². The molecule has 0 N–H and O–H groups in total. The monoisotopic (exact) mass is 470 g/mol. The van der Waals surface area contributed by atoms with Crippen LogP contribution in [0.15, 0.2) is 58.2 Å². The van der Waals surface area contributed by atoms with Crippen LogP contribution in [0.5, 0.6) is 0 Å². The Morgan fingerprint density at radius 3 is 2.61 bits per heavy atom. The first-order valence-corrected chi connectivity index (χ1v) is 12.4. The smallest absolute Gasteiger partial charge is 0.310 e. The van der Waals surface area contributed by atoms with Crippen molar-refractivity contribution in [3.05, 3.63) is 60.2 Å². The summed E-state index contributed by atoms with van der Waals surface area (Å²) in [4.78, 5) is 20.7. The summed E-state index contributed by atoms with van der Waals surface area (Å²) in [7, 11) is -3.47. The van der Waals surface area contributed by atoms with Crippen molar-refractivity contribution in [3.63, 3.8) is 0 Å². The molecule has 1 saturated heterocycles. The molecule has 0 amide bonds. The molecule has 1 aliphatic heterocycles. The van der Waals surface area contributed by atoms with Crippen molar-refractivity contribution in [2.24, 2.45) is 0 Å². The minimum Gasteiger partial charge on any atom is -0.465 e. The standard InChI is InChI=1S/C23H26N4O5S/c28-22(31-15-5-7-21-25-23(26-32-21)19-6-4-12-24-17-19)16-18-8-10-20(11-9-18)33(29,30)27-13-2-1-3-14-27/h4,6,8-12,17H,1-3,5,7,13-16H2. The van der Waals surface area contributed by atoms with E-state index < -0.39 is 10.0 Å². The number of aryl methyl sites for hydroxylation is 1. The predicted molar refractivity (Wildman–Crippen MR) is 120 cm³/mol. The summed E-state index contributed by atoms with van der Waals surface area (Å²) >= 11 is 0. The summed E-state index contributed by atoms with van der Waals surface area (Å²) in [5.74, 6) is 0.569. The van der Waals surface area contributed by atoms with Gasteiger partial charge < -0.3 is 9.26 Å². The van der Waals surface area contributed by atoms with Crippen molar-refractivity contribution in [2.45, 2.75) is 43.4 Å². The van der Waals surface area contributed by atoms with E-state index >= 15 is 0 Å². The van der Waals surface area contributed by atoms with E-state index in [9.17, 15) is 13.2 Å². The number of nitrogens with zero attached hydrogens (tertiary/aromatic N) is 4. The van der Waals surface area contributed by atoms with Crippen LogP contribution in [0.4, 0.5) is 0 Å². The zero-order valence-electron chi connectivity index (χ0n) is 18.2. The molecule has 0 atom stereocenters. The van der Waals surface area contributed by atoms with E-state index in [2.05, 4.69) is 15.1 Å². The van der Waals surface area contributed by atoms with Crippen molar-refractivity contribution in [3.8, 4) is 11.4 Å². The Morgan fingerprint density at radius 1 is 1.09 bits per heavy atom. The molecule has 0 saturated carbocycles. The molecular formula is C23H26N4O5S. The van der Waals surface area contributed by atoms with Crippen LogP contribution in [-0.2, 0) is 32.4 Å². The zero-order valence-corrected chi connectivity index (χ0v) is 19.0. The Bertz CT molecular complexity index is 1160. The number of esters is 1. The third-order valence-corrected chi connectivity index (χ3v) is 7.32. The molecule has 9 nitrogen and oxygen atoms in total. The summed E-state index contributed by atoms with van der Waals surface area (Å²) in [5, 5.41) is 3.93. The van der Waals surface area contributed by atoms with Crippen LogP contribution >= 0.6 is 0 Å². The highest BCUT2D eigenvalue weighted by Gasteiger charge is 2.25. The van der Waals surface area contributed by atoms with Gasteiger partial charge in [0.15, 0.2) is 0 Å². The number of rotatable bonds is 9. The molecule has 0 radical (unpaired) electrons. The Kier molecular flexibility index (Phi) is 7.46. The SMILES string of the molecule is O=C(Cc1ccc(S(=O)(=O)N2CCCCC2)cc1)OCCCc1nc(-c2cccnc2)no1. The number of aromatic nitrogens is 3. The maximum Gasteiger partial charge on any atom is 0.310 e. The van der Waals surface area contributed by atoms with Crippen molar-refractivity contribution in [2.75, 3.05) is 19.7 Å². The summed E-state index contributed by atoms with van der Waals surface area (Å²) in [6.45, 7) is 1.35. The molecule has 0 spiro atoms. The average Bonchev–Trinajstić information content (AvgIpc) is 3.32. The molecule has 0 bridgehead atoms.